The largest absolute Gasteiger partial charge is 0.329 e. The molecule has 3 aromatic rings. The average molecular weight is 321 g/mol. The summed E-state index contributed by atoms with van der Waals surface area (Å²) in [5.41, 5.74) is 1.97. The normalized spacial score (nSPS) is 12.7. The second-order valence-corrected chi connectivity index (χ2v) is 6.39. The molecule has 0 aliphatic carbocycles. The molecule has 0 saturated carbocycles. The molecule has 2 aromatic heterocycles. The molecule has 21 heavy (non-hydrogen) atoms. The summed E-state index contributed by atoms with van der Waals surface area (Å²) in [5, 5.41) is 2.62. The zero-order chi connectivity index (χ0) is 14.8. The summed E-state index contributed by atoms with van der Waals surface area (Å²) in [6, 6.07) is 9.46. The zero-order valence-electron chi connectivity index (χ0n) is 11.5. The molecule has 3 rings (SSSR count). The average Bonchev–Trinajstić information content (AvgIpc) is 2.87. The molecule has 2 heterocycles. The van der Waals surface area contributed by atoms with Gasteiger partial charge < -0.3 is 4.90 Å². The number of hydrogen-bond acceptors (Lipinski definition) is 3. The summed E-state index contributed by atoms with van der Waals surface area (Å²) < 4.78 is 1.57. The first-order valence-corrected chi connectivity index (χ1v) is 7.89. The Morgan fingerprint density at radius 2 is 2.19 bits per heavy atom. The molecule has 0 fully saturated rings. The van der Waals surface area contributed by atoms with Gasteiger partial charge in [0.1, 0.15) is 18.8 Å². The molecule has 108 valence electrons. The minimum Gasteiger partial charge on any atom is -0.329 e. The van der Waals surface area contributed by atoms with E-state index in [4.69, 9.17) is 11.6 Å². The van der Waals surface area contributed by atoms with Gasteiger partial charge in [-0.25, -0.2) is 4.98 Å². The summed E-state index contributed by atoms with van der Waals surface area (Å²) in [5.74, 6) is 0. The van der Waals surface area contributed by atoms with Crippen molar-refractivity contribution in [1.29, 1.82) is 0 Å². The molecule has 6 heteroatoms. The predicted octanol–water partition coefficient (Wildman–Crippen LogP) is 1.62. The number of fused-ring (bicyclic) bond motifs is 1. The Kier molecular flexibility index (Phi) is 4.05. The third-order valence-corrected chi connectivity index (χ3v) is 4.23. The highest BCUT2D eigenvalue weighted by atomic mass is 35.5. The minimum absolute atomic E-state index is 0.0215. The fourth-order valence-corrected chi connectivity index (χ4v) is 3.30. The van der Waals surface area contributed by atoms with E-state index in [1.165, 1.54) is 21.8 Å². The molecule has 0 spiro atoms. The van der Waals surface area contributed by atoms with Crippen molar-refractivity contribution in [3.8, 4) is 0 Å². The highest BCUT2D eigenvalue weighted by Crippen LogP contribution is 2.09. The van der Waals surface area contributed by atoms with E-state index in [1.54, 1.807) is 16.7 Å². The van der Waals surface area contributed by atoms with E-state index in [1.807, 2.05) is 23.6 Å². The van der Waals surface area contributed by atoms with Crippen LogP contribution in [0.4, 0.5) is 0 Å². The third kappa shape index (κ3) is 3.32. The first kappa shape index (κ1) is 14.3. The van der Waals surface area contributed by atoms with Gasteiger partial charge in [0.2, 0.25) is 0 Å². The van der Waals surface area contributed by atoms with E-state index in [-0.39, 0.29) is 5.56 Å². The van der Waals surface area contributed by atoms with Crippen LogP contribution in [0.3, 0.4) is 0 Å². The lowest BCUT2D eigenvalue weighted by atomic mass is 10.2. The van der Waals surface area contributed by atoms with Crippen molar-refractivity contribution < 1.29 is 4.90 Å². The number of aromatic nitrogens is 2. The summed E-state index contributed by atoms with van der Waals surface area (Å²) in [4.78, 5) is 18.5. The lowest BCUT2D eigenvalue weighted by Crippen LogP contribution is -3.06. The predicted molar refractivity (Wildman–Crippen MR) is 85.1 cm³/mol. The van der Waals surface area contributed by atoms with Gasteiger partial charge in [0.05, 0.1) is 7.05 Å². The maximum absolute atomic E-state index is 11.9. The molecule has 1 unspecified atom stereocenters. The molecule has 0 amide bonds. The Bertz CT molecular complexity index is 827. The van der Waals surface area contributed by atoms with Crippen LogP contribution in [0.25, 0.3) is 4.96 Å². The number of nitrogens with zero attached hydrogens (tertiary/aromatic N) is 2. The Hall–Kier alpha value is -1.69. The molecule has 0 aliphatic rings. The van der Waals surface area contributed by atoms with Crippen molar-refractivity contribution in [2.24, 2.45) is 0 Å². The number of quaternary nitrogens is 1. The lowest BCUT2D eigenvalue weighted by Gasteiger charge is -2.13. The van der Waals surface area contributed by atoms with Crippen LogP contribution in [0.5, 0.6) is 0 Å². The van der Waals surface area contributed by atoms with Gasteiger partial charge in [-0.3, -0.25) is 9.20 Å². The number of hydrogen-bond donors (Lipinski definition) is 1. The number of halogens is 1. The van der Waals surface area contributed by atoms with Crippen molar-refractivity contribution >= 4 is 27.9 Å². The first-order valence-electron chi connectivity index (χ1n) is 6.63. The summed E-state index contributed by atoms with van der Waals surface area (Å²) in [7, 11) is 2.08. The van der Waals surface area contributed by atoms with E-state index >= 15 is 0 Å². The molecule has 1 N–H and O–H groups in total. The van der Waals surface area contributed by atoms with Gasteiger partial charge in [-0.2, -0.15) is 0 Å². The number of rotatable bonds is 4. The second kappa shape index (κ2) is 5.97. The number of nitrogens with one attached hydrogen (secondary N) is 1. The molecule has 0 radical (unpaired) electrons. The van der Waals surface area contributed by atoms with E-state index in [0.29, 0.717) is 6.54 Å². The molecule has 4 nitrogen and oxygen atoms in total. The fourth-order valence-electron chi connectivity index (χ4n) is 2.35. The van der Waals surface area contributed by atoms with Gasteiger partial charge in [0.15, 0.2) is 4.96 Å². The van der Waals surface area contributed by atoms with E-state index in [9.17, 15) is 4.79 Å². The molecule has 1 aromatic carbocycles. The minimum atomic E-state index is -0.0215. The van der Waals surface area contributed by atoms with Crippen LogP contribution in [-0.2, 0) is 13.1 Å². The lowest BCUT2D eigenvalue weighted by molar-refractivity contribution is -0.908. The topological polar surface area (TPSA) is 38.8 Å². The van der Waals surface area contributed by atoms with Gasteiger partial charge in [-0.05, 0) is 12.1 Å². The van der Waals surface area contributed by atoms with E-state index < -0.39 is 0 Å². The maximum Gasteiger partial charge on any atom is 0.258 e. The molecule has 1 atom stereocenters. The van der Waals surface area contributed by atoms with Crippen LogP contribution >= 0.6 is 22.9 Å². The van der Waals surface area contributed by atoms with Gasteiger partial charge in [-0.15, -0.1) is 11.3 Å². The Labute approximate surface area is 131 Å². The van der Waals surface area contributed by atoms with Gasteiger partial charge in [0.25, 0.3) is 5.56 Å². The van der Waals surface area contributed by atoms with Crippen molar-refractivity contribution in [2.45, 2.75) is 13.1 Å². The maximum atomic E-state index is 11.9. The summed E-state index contributed by atoms with van der Waals surface area (Å²) >= 11 is 7.47. The standard InChI is InChI=1S/C15H14ClN3OS/c1-18(9-11-3-2-4-12(16)7-11)10-13-8-14(20)19-5-6-21-15(19)17-13/h2-8H,9-10H2,1H3/p+1. The van der Waals surface area contributed by atoms with Crippen LogP contribution in [0.15, 0.2) is 46.7 Å². The van der Waals surface area contributed by atoms with Crippen LogP contribution in [-0.4, -0.2) is 16.4 Å². The SMILES string of the molecule is C[NH+](Cc1cccc(Cl)c1)Cc1cc(=O)n2ccsc2n1. The molecule has 0 saturated heterocycles. The van der Waals surface area contributed by atoms with Gasteiger partial charge in [0, 0.05) is 28.2 Å². The Morgan fingerprint density at radius 1 is 1.33 bits per heavy atom. The van der Waals surface area contributed by atoms with Gasteiger partial charge in [-0.1, -0.05) is 23.7 Å². The highest BCUT2D eigenvalue weighted by Gasteiger charge is 2.09. The van der Waals surface area contributed by atoms with Crippen LogP contribution in [0.2, 0.25) is 5.02 Å². The van der Waals surface area contributed by atoms with Crippen LogP contribution < -0.4 is 10.5 Å². The van der Waals surface area contributed by atoms with E-state index in [0.717, 1.165) is 22.2 Å². The molecular weight excluding hydrogens is 306 g/mol. The van der Waals surface area contributed by atoms with Crippen LogP contribution in [0.1, 0.15) is 11.3 Å². The summed E-state index contributed by atoms with van der Waals surface area (Å²) in [6.45, 7) is 1.54. The van der Waals surface area contributed by atoms with Crippen molar-refractivity contribution in [3.63, 3.8) is 0 Å². The Balaban J connectivity index is 1.76. The second-order valence-electron chi connectivity index (χ2n) is 5.08. The number of benzene rings is 1. The molecule has 0 bridgehead atoms. The van der Waals surface area contributed by atoms with E-state index in [2.05, 4.69) is 18.1 Å². The fraction of sp³-hybridized carbons (Fsp3) is 0.200. The first-order chi connectivity index (χ1) is 10.1. The zero-order valence-corrected chi connectivity index (χ0v) is 13.1. The molecule has 0 aliphatic heterocycles. The van der Waals surface area contributed by atoms with Gasteiger partial charge >= 0.3 is 0 Å². The highest BCUT2D eigenvalue weighted by molar-refractivity contribution is 7.15. The van der Waals surface area contributed by atoms with Crippen molar-refractivity contribution in [1.82, 2.24) is 9.38 Å². The smallest absolute Gasteiger partial charge is 0.258 e. The number of thiazole rings is 1. The monoisotopic (exact) mass is 320 g/mol. The quantitative estimate of drug-likeness (QED) is 0.793. The third-order valence-electron chi connectivity index (χ3n) is 3.23. The van der Waals surface area contributed by atoms with Crippen molar-refractivity contribution in [2.75, 3.05) is 7.05 Å². The Morgan fingerprint density at radius 3 is 3.00 bits per heavy atom. The molecular formula is C15H15ClN3OS+. The summed E-state index contributed by atoms with van der Waals surface area (Å²) in [6.07, 6.45) is 1.75. The van der Waals surface area contributed by atoms with Crippen LogP contribution in [0, 0.1) is 0 Å². The van der Waals surface area contributed by atoms with Crippen molar-refractivity contribution in [3.05, 3.63) is 68.5 Å².